The van der Waals surface area contributed by atoms with E-state index < -0.39 is 76.3 Å². The summed E-state index contributed by atoms with van der Waals surface area (Å²) in [6.07, 6.45) is 3.07. The van der Waals surface area contributed by atoms with Crippen LogP contribution in [0.15, 0.2) is 12.7 Å². The van der Waals surface area contributed by atoms with Crippen LogP contribution in [0.4, 0.5) is 4.79 Å². The van der Waals surface area contributed by atoms with Gasteiger partial charge in [0, 0.05) is 19.6 Å². The molecule has 2 aliphatic heterocycles. The third-order valence-electron chi connectivity index (χ3n) is 10.0. The fourth-order valence-corrected chi connectivity index (χ4v) is 6.75. The van der Waals surface area contributed by atoms with Gasteiger partial charge in [-0.25, -0.2) is 4.79 Å². The van der Waals surface area contributed by atoms with E-state index in [0.717, 1.165) is 11.3 Å². The Bertz CT molecular complexity index is 1320. The van der Waals surface area contributed by atoms with Gasteiger partial charge in [0.05, 0.1) is 12.1 Å². The Hall–Kier alpha value is -3.81. The number of piperidine rings is 1. The summed E-state index contributed by atoms with van der Waals surface area (Å²) in [5.74, 6) is -3.65. The third kappa shape index (κ3) is 9.25. The van der Waals surface area contributed by atoms with Crippen LogP contribution in [0.3, 0.4) is 0 Å². The number of likely N-dealkylation sites (tertiary alicyclic amines) is 1. The zero-order valence-electron chi connectivity index (χ0n) is 30.6. The lowest BCUT2D eigenvalue weighted by Crippen LogP contribution is -2.63. The van der Waals surface area contributed by atoms with E-state index in [4.69, 9.17) is 4.74 Å². The molecule has 0 aromatic heterocycles. The maximum absolute atomic E-state index is 14.4. The van der Waals surface area contributed by atoms with Gasteiger partial charge in [-0.3, -0.25) is 33.7 Å². The van der Waals surface area contributed by atoms with Crippen LogP contribution < -0.4 is 21.3 Å². The highest BCUT2D eigenvalue weighted by Crippen LogP contribution is 2.65. The molecule has 3 aliphatic rings. The molecule has 14 nitrogen and oxygen atoms in total. The summed E-state index contributed by atoms with van der Waals surface area (Å²) >= 11 is 0. The quantitative estimate of drug-likeness (QED) is 0.120. The number of nitrogens with zero attached hydrogens (tertiary/aromatic N) is 2. The summed E-state index contributed by atoms with van der Waals surface area (Å²) in [4.78, 5) is 95.0. The second kappa shape index (κ2) is 15.4. The lowest BCUT2D eigenvalue weighted by atomic mass is 9.84. The van der Waals surface area contributed by atoms with Gasteiger partial charge in [0.15, 0.2) is 0 Å². The number of unbranched alkanes of at least 4 members (excludes halogenated alkanes) is 1. The molecule has 14 heteroatoms. The van der Waals surface area contributed by atoms with E-state index in [1.807, 2.05) is 41.5 Å². The van der Waals surface area contributed by atoms with Gasteiger partial charge in [0.1, 0.15) is 25.3 Å². The maximum Gasteiger partial charge on any atom is 0.315 e. The number of imide groups is 1. The fraction of sp³-hybridized carbons (Fsp3) is 0.743. The van der Waals surface area contributed by atoms with Crippen LogP contribution >= 0.6 is 0 Å². The molecular weight excluding hydrogens is 632 g/mol. The average molecular weight is 689 g/mol. The second-order valence-electron chi connectivity index (χ2n) is 16.2. The first kappa shape index (κ1) is 39.6. The molecule has 3 fully saturated rings. The molecule has 0 radical (unpaired) electrons. The van der Waals surface area contributed by atoms with Crippen molar-refractivity contribution in [1.82, 2.24) is 31.1 Å². The highest BCUT2D eigenvalue weighted by atomic mass is 16.5. The third-order valence-corrected chi connectivity index (χ3v) is 10.0. The van der Waals surface area contributed by atoms with Crippen molar-refractivity contribution in [3.63, 3.8) is 0 Å². The van der Waals surface area contributed by atoms with E-state index in [-0.39, 0.29) is 50.0 Å². The first-order valence-corrected chi connectivity index (χ1v) is 17.2. The number of ether oxygens (including phenoxy) is 1. The molecule has 1 saturated carbocycles. The van der Waals surface area contributed by atoms with Crippen molar-refractivity contribution in [2.24, 2.45) is 28.1 Å². The number of ketones is 1. The molecule has 4 N–H and O–H groups in total. The Morgan fingerprint density at radius 1 is 0.980 bits per heavy atom. The predicted molar refractivity (Wildman–Crippen MR) is 182 cm³/mol. The lowest BCUT2D eigenvalue weighted by molar-refractivity contribution is -0.159. The summed E-state index contributed by atoms with van der Waals surface area (Å²) in [6.45, 7) is 20.5. The molecule has 7 amide bonds. The molecule has 3 rings (SSSR count). The van der Waals surface area contributed by atoms with Gasteiger partial charge in [-0.2, -0.15) is 0 Å². The fourth-order valence-electron chi connectivity index (χ4n) is 6.75. The number of amides is 7. The van der Waals surface area contributed by atoms with E-state index in [9.17, 15) is 33.6 Å². The molecule has 0 aromatic carbocycles. The Kier molecular flexibility index (Phi) is 12.4. The van der Waals surface area contributed by atoms with Crippen LogP contribution in [0.25, 0.3) is 0 Å². The van der Waals surface area contributed by atoms with E-state index in [1.54, 1.807) is 20.8 Å². The molecular formula is C35H56N6O8. The summed E-state index contributed by atoms with van der Waals surface area (Å²) in [5, 5.41) is 11.0. The summed E-state index contributed by atoms with van der Waals surface area (Å²) in [7, 11) is 0. The van der Waals surface area contributed by atoms with E-state index in [0.29, 0.717) is 13.0 Å². The van der Waals surface area contributed by atoms with Crippen molar-refractivity contribution in [3.8, 4) is 0 Å². The van der Waals surface area contributed by atoms with Gasteiger partial charge in [-0.1, -0.05) is 81.2 Å². The minimum atomic E-state index is -1.06. The molecule has 2 heterocycles. The van der Waals surface area contributed by atoms with Crippen LogP contribution in [0.5, 0.6) is 0 Å². The molecule has 274 valence electrons. The van der Waals surface area contributed by atoms with Crippen LogP contribution in [0.1, 0.15) is 81.6 Å². The molecule has 0 spiro atoms. The zero-order chi connectivity index (χ0) is 37.1. The van der Waals surface area contributed by atoms with E-state index in [1.165, 1.54) is 11.0 Å². The Morgan fingerprint density at radius 2 is 1.59 bits per heavy atom. The normalized spacial score (nSPS) is 23.5. The standard InChI is InChI=1S/C35H56N6O8/c1-11-13-14-21(27(44)30(46)36-15-12-2)37-29(45)26-25-20(35(25,9)10)16-41(26)31(47)28(34(6,7)8)39-32(48)38-22(33(3,4)5)17-40-23(42)18-49-19-24(40)43/h12,20-22,25-26,28H,2,11,13-19H2,1,3-10H3,(H,36,46)(H,37,45)(H2,38,39,48)/t20-,21?,22-,25-,26-,28+/m0/s1. The highest BCUT2D eigenvalue weighted by Gasteiger charge is 2.70. The van der Waals surface area contributed by atoms with Crippen molar-refractivity contribution in [2.45, 2.75) is 106 Å². The molecule has 49 heavy (non-hydrogen) atoms. The number of nitrogens with one attached hydrogen (secondary N) is 4. The largest absolute Gasteiger partial charge is 0.362 e. The van der Waals surface area contributed by atoms with Crippen molar-refractivity contribution >= 4 is 41.4 Å². The number of hydrogen-bond acceptors (Lipinski definition) is 8. The van der Waals surface area contributed by atoms with Crippen molar-refractivity contribution < 1.29 is 38.3 Å². The van der Waals surface area contributed by atoms with Crippen molar-refractivity contribution in [2.75, 3.05) is 32.8 Å². The monoisotopic (exact) mass is 688 g/mol. The number of carbonyl (C=O) groups is 7. The van der Waals surface area contributed by atoms with E-state index in [2.05, 4.69) is 27.8 Å². The summed E-state index contributed by atoms with van der Waals surface area (Å²) in [5.41, 5.74) is -1.58. The first-order valence-electron chi connectivity index (χ1n) is 17.2. The summed E-state index contributed by atoms with van der Waals surface area (Å²) in [6, 6.07) is -4.34. The minimum Gasteiger partial charge on any atom is -0.362 e. The van der Waals surface area contributed by atoms with Gasteiger partial charge < -0.3 is 30.9 Å². The van der Waals surface area contributed by atoms with Crippen LogP contribution in [-0.2, 0) is 33.5 Å². The predicted octanol–water partition coefficient (Wildman–Crippen LogP) is 1.53. The molecule has 6 atom stereocenters. The molecule has 0 bridgehead atoms. The highest BCUT2D eigenvalue weighted by molar-refractivity contribution is 6.38. The van der Waals surface area contributed by atoms with Crippen molar-refractivity contribution in [3.05, 3.63) is 12.7 Å². The molecule has 1 unspecified atom stereocenters. The number of morpholine rings is 1. The summed E-state index contributed by atoms with van der Waals surface area (Å²) < 4.78 is 5.01. The van der Waals surface area contributed by atoms with Gasteiger partial charge in [-0.15, -0.1) is 6.58 Å². The smallest absolute Gasteiger partial charge is 0.315 e. The molecule has 2 saturated heterocycles. The van der Waals surface area contributed by atoms with Crippen LogP contribution in [0.2, 0.25) is 0 Å². The Balaban J connectivity index is 1.83. The van der Waals surface area contributed by atoms with Crippen LogP contribution in [0, 0.1) is 28.1 Å². The van der Waals surface area contributed by atoms with Gasteiger partial charge >= 0.3 is 6.03 Å². The SMILES string of the molecule is C=CCNC(=O)C(=O)C(CCCC)NC(=O)[C@@H]1[C@@H]2[C@H](CN1C(=O)[C@@H](NC(=O)N[C@@H](CN1C(=O)COCC1=O)C(C)(C)C)C(C)(C)C)C2(C)C. The van der Waals surface area contributed by atoms with Crippen LogP contribution in [-0.4, -0.2) is 108 Å². The van der Waals surface area contributed by atoms with Crippen molar-refractivity contribution in [1.29, 1.82) is 0 Å². The van der Waals surface area contributed by atoms with E-state index >= 15 is 0 Å². The number of urea groups is 1. The number of fused-ring (bicyclic) bond motifs is 1. The number of hydrogen-bond donors (Lipinski definition) is 4. The number of carbonyl (C=O) groups excluding carboxylic acids is 7. The molecule has 0 aromatic rings. The van der Waals surface area contributed by atoms with Gasteiger partial charge in [-0.05, 0) is 34.5 Å². The van der Waals surface area contributed by atoms with Gasteiger partial charge in [0.2, 0.25) is 17.6 Å². The second-order valence-corrected chi connectivity index (χ2v) is 16.2. The first-order chi connectivity index (χ1) is 22.7. The Labute approximate surface area is 289 Å². The Morgan fingerprint density at radius 3 is 2.12 bits per heavy atom. The number of Topliss-reactive ketones (excluding diaryl/α,β-unsaturated/α-hetero) is 1. The lowest BCUT2D eigenvalue weighted by Gasteiger charge is -2.39. The maximum atomic E-state index is 14.4. The topological polar surface area (TPSA) is 183 Å². The average Bonchev–Trinajstić information content (AvgIpc) is 3.31. The molecule has 1 aliphatic carbocycles. The minimum absolute atomic E-state index is 0.0381. The van der Waals surface area contributed by atoms with Gasteiger partial charge in [0.25, 0.3) is 17.7 Å². The number of rotatable bonds is 14. The zero-order valence-corrected chi connectivity index (χ0v) is 30.6.